The highest BCUT2D eigenvalue weighted by Crippen LogP contribution is 2.32. The fraction of sp³-hybridized carbons (Fsp3) is 0.348. The molecule has 1 atom stereocenters. The second-order valence-corrected chi connectivity index (χ2v) is 7.99. The molecule has 1 fully saturated rings. The summed E-state index contributed by atoms with van der Waals surface area (Å²) in [6.07, 6.45) is -2.79. The average Bonchev–Trinajstić information content (AvgIpc) is 3.22. The Bertz CT molecular complexity index is 1070. The maximum atomic E-state index is 13.0. The molecule has 0 bridgehead atoms. The summed E-state index contributed by atoms with van der Waals surface area (Å²) in [7, 11) is 0. The van der Waals surface area contributed by atoms with Crippen LogP contribution in [0.5, 0.6) is 0 Å². The zero-order chi connectivity index (χ0) is 22.2. The Kier molecular flexibility index (Phi) is 5.56. The van der Waals surface area contributed by atoms with Crippen LogP contribution in [0.1, 0.15) is 51.7 Å². The zero-order valence-electron chi connectivity index (χ0n) is 17.2. The van der Waals surface area contributed by atoms with E-state index < -0.39 is 11.7 Å². The predicted octanol–water partition coefficient (Wildman–Crippen LogP) is 5.39. The van der Waals surface area contributed by atoms with Gasteiger partial charge in [0.05, 0.1) is 11.5 Å². The van der Waals surface area contributed by atoms with Crippen LogP contribution in [-0.2, 0) is 6.18 Å². The van der Waals surface area contributed by atoms with Crippen LogP contribution in [0.25, 0.3) is 11.5 Å². The lowest BCUT2D eigenvalue weighted by Crippen LogP contribution is -2.39. The lowest BCUT2D eigenvalue weighted by Gasteiger charge is -2.31. The molecular formula is C23H22F3N3O2. The van der Waals surface area contributed by atoms with Gasteiger partial charge >= 0.3 is 6.18 Å². The van der Waals surface area contributed by atoms with Gasteiger partial charge in [-0.1, -0.05) is 17.2 Å². The number of amides is 1. The summed E-state index contributed by atoms with van der Waals surface area (Å²) >= 11 is 0. The second-order valence-electron chi connectivity index (χ2n) is 7.99. The lowest BCUT2D eigenvalue weighted by atomic mass is 9.97. The number of carbonyl (C=O) groups excluding carboxylic acids is 1. The average molecular weight is 429 g/mol. The molecule has 3 aromatic rings. The molecule has 1 aromatic heterocycles. The van der Waals surface area contributed by atoms with Crippen molar-refractivity contribution in [1.29, 1.82) is 0 Å². The van der Waals surface area contributed by atoms with Gasteiger partial charge in [0.25, 0.3) is 5.91 Å². The Morgan fingerprint density at radius 3 is 2.39 bits per heavy atom. The summed E-state index contributed by atoms with van der Waals surface area (Å²) in [6, 6.07) is 10.4. The van der Waals surface area contributed by atoms with Crippen LogP contribution in [0.15, 0.2) is 46.9 Å². The molecule has 4 rings (SSSR count). The number of halogens is 3. The highest BCUT2D eigenvalue weighted by atomic mass is 19.4. The quantitative estimate of drug-likeness (QED) is 0.560. The van der Waals surface area contributed by atoms with E-state index in [9.17, 15) is 18.0 Å². The molecule has 0 saturated carbocycles. The number of alkyl halides is 3. The number of rotatable bonds is 3. The van der Waals surface area contributed by atoms with Crippen molar-refractivity contribution in [3.05, 3.63) is 70.6 Å². The Labute approximate surface area is 177 Å². The summed E-state index contributed by atoms with van der Waals surface area (Å²) in [5.41, 5.74) is 2.42. The number of nitrogens with zero attached hydrogens (tertiary/aromatic N) is 3. The zero-order valence-corrected chi connectivity index (χ0v) is 17.2. The van der Waals surface area contributed by atoms with E-state index in [2.05, 4.69) is 10.2 Å². The molecule has 162 valence electrons. The van der Waals surface area contributed by atoms with Crippen molar-refractivity contribution in [2.24, 2.45) is 0 Å². The van der Waals surface area contributed by atoms with Gasteiger partial charge < -0.3 is 9.32 Å². The first kappa shape index (κ1) is 21.1. The number of hydrogen-bond acceptors (Lipinski definition) is 4. The van der Waals surface area contributed by atoms with Gasteiger partial charge in [0, 0.05) is 24.2 Å². The van der Waals surface area contributed by atoms with E-state index in [1.807, 2.05) is 32.0 Å². The van der Waals surface area contributed by atoms with Gasteiger partial charge in [-0.25, -0.2) is 0 Å². The first-order valence-corrected chi connectivity index (χ1v) is 10.1. The Morgan fingerprint density at radius 1 is 1.06 bits per heavy atom. The van der Waals surface area contributed by atoms with Gasteiger partial charge in [-0.2, -0.15) is 13.2 Å². The Hall–Kier alpha value is -3.16. The van der Waals surface area contributed by atoms with Gasteiger partial charge in [-0.05, 0) is 63.1 Å². The lowest BCUT2D eigenvalue weighted by molar-refractivity contribution is -0.137. The highest BCUT2D eigenvalue weighted by Gasteiger charge is 2.31. The molecule has 1 saturated heterocycles. The van der Waals surface area contributed by atoms with Crippen LogP contribution < -0.4 is 0 Å². The summed E-state index contributed by atoms with van der Waals surface area (Å²) < 4.78 is 44.0. The van der Waals surface area contributed by atoms with E-state index in [1.54, 1.807) is 4.90 Å². The number of benzene rings is 2. The molecule has 2 aromatic carbocycles. The van der Waals surface area contributed by atoms with Crippen LogP contribution in [0, 0.1) is 13.8 Å². The van der Waals surface area contributed by atoms with Crippen molar-refractivity contribution in [3.63, 3.8) is 0 Å². The topological polar surface area (TPSA) is 59.2 Å². The molecule has 31 heavy (non-hydrogen) atoms. The van der Waals surface area contributed by atoms with E-state index >= 15 is 0 Å². The fourth-order valence-electron chi connectivity index (χ4n) is 3.96. The van der Waals surface area contributed by atoms with E-state index in [1.165, 1.54) is 12.1 Å². The summed E-state index contributed by atoms with van der Waals surface area (Å²) in [5.74, 6) is 0.424. The number of likely N-dealkylation sites (tertiary alicyclic amines) is 1. The van der Waals surface area contributed by atoms with Crippen molar-refractivity contribution < 1.29 is 22.4 Å². The second kappa shape index (κ2) is 8.17. The summed E-state index contributed by atoms with van der Waals surface area (Å²) in [5, 5.41) is 8.11. The largest absolute Gasteiger partial charge is 0.420 e. The van der Waals surface area contributed by atoms with Crippen molar-refractivity contribution in [1.82, 2.24) is 15.1 Å². The van der Waals surface area contributed by atoms with Crippen LogP contribution in [0.2, 0.25) is 0 Å². The van der Waals surface area contributed by atoms with Crippen LogP contribution >= 0.6 is 0 Å². The number of aromatic nitrogens is 2. The van der Waals surface area contributed by atoms with Gasteiger partial charge in [-0.15, -0.1) is 10.2 Å². The summed E-state index contributed by atoms with van der Waals surface area (Å²) in [6.45, 7) is 5.04. The fourth-order valence-corrected chi connectivity index (χ4v) is 3.96. The molecule has 5 nitrogen and oxygen atoms in total. The molecule has 8 heteroatoms. The summed E-state index contributed by atoms with van der Waals surface area (Å²) in [4.78, 5) is 14.8. The van der Waals surface area contributed by atoms with Crippen LogP contribution in [0.3, 0.4) is 0 Å². The monoisotopic (exact) mass is 429 g/mol. The van der Waals surface area contributed by atoms with Crippen LogP contribution in [0.4, 0.5) is 13.2 Å². The third kappa shape index (κ3) is 4.62. The van der Waals surface area contributed by atoms with E-state index in [0.717, 1.165) is 36.1 Å². The van der Waals surface area contributed by atoms with Gasteiger partial charge in [-0.3, -0.25) is 4.79 Å². The SMILES string of the molecule is Cc1cc(C)cc(C(=O)N2CCCC(c3nnc(-c4ccc(C(F)(F)F)cc4)o3)C2)c1. The molecule has 0 aliphatic carbocycles. The van der Waals surface area contributed by atoms with Gasteiger partial charge in [0.15, 0.2) is 0 Å². The van der Waals surface area contributed by atoms with Crippen molar-refractivity contribution in [2.45, 2.75) is 38.8 Å². The highest BCUT2D eigenvalue weighted by molar-refractivity contribution is 5.94. The first-order valence-electron chi connectivity index (χ1n) is 10.1. The maximum Gasteiger partial charge on any atom is 0.416 e. The third-order valence-corrected chi connectivity index (χ3v) is 5.43. The molecule has 1 aliphatic heterocycles. The third-order valence-electron chi connectivity index (χ3n) is 5.43. The Balaban J connectivity index is 1.49. The van der Waals surface area contributed by atoms with Gasteiger partial charge in [0.2, 0.25) is 11.8 Å². The Morgan fingerprint density at radius 2 is 1.74 bits per heavy atom. The number of aryl methyl sites for hydroxylation is 2. The maximum absolute atomic E-state index is 13.0. The molecule has 1 unspecified atom stereocenters. The van der Waals surface area contributed by atoms with E-state index in [0.29, 0.717) is 30.1 Å². The number of carbonyl (C=O) groups is 1. The van der Waals surface area contributed by atoms with Crippen LogP contribution in [-0.4, -0.2) is 34.1 Å². The smallest absolute Gasteiger partial charge is 0.416 e. The van der Waals surface area contributed by atoms with E-state index in [-0.39, 0.29) is 17.7 Å². The first-order chi connectivity index (χ1) is 14.7. The number of piperidine rings is 1. The minimum atomic E-state index is -4.40. The minimum absolute atomic E-state index is 0.0287. The molecule has 1 aliphatic rings. The molecule has 1 amide bonds. The molecular weight excluding hydrogens is 407 g/mol. The minimum Gasteiger partial charge on any atom is -0.420 e. The predicted molar refractivity (Wildman–Crippen MR) is 109 cm³/mol. The standard InChI is InChI=1S/C23H22F3N3O2/c1-14-10-15(2)12-18(11-14)22(30)29-9-3-4-17(13-29)21-28-27-20(31-21)16-5-7-19(8-6-16)23(24,25)26/h5-8,10-12,17H,3-4,9,13H2,1-2H3. The van der Waals surface area contributed by atoms with Crippen molar-refractivity contribution >= 4 is 5.91 Å². The van der Waals surface area contributed by atoms with Gasteiger partial charge in [0.1, 0.15) is 0 Å². The molecule has 0 N–H and O–H groups in total. The van der Waals surface area contributed by atoms with Crippen molar-refractivity contribution in [2.75, 3.05) is 13.1 Å². The molecule has 0 spiro atoms. The number of hydrogen-bond donors (Lipinski definition) is 0. The molecule has 2 heterocycles. The molecule has 0 radical (unpaired) electrons. The van der Waals surface area contributed by atoms with E-state index in [4.69, 9.17) is 4.42 Å². The normalized spacial score (nSPS) is 17.1. The van der Waals surface area contributed by atoms with Crippen molar-refractivity contribution in [3.8, 4) is 11.5 Å².